The van der Waals surface area contributed by atoms with Gasteiger partial charge in [0.15, 0.2) is 0 Å². The standard InChI is InChI=1S/C13H15N3O4S/c1-16-9-12(8-14-16)21(19,20)15-6-5-10-3-2-4-11(7-10)13(17)18/h2-4,7-9,15H,5-6H2,1H3,(H,17,18). The van der Waals surface area contributed by atoms with Gasteiger partial charge in [0.25, 0.3) is 0 Å². The second-order valence-electron chi connectivity index (χ2n) is 4.50. The number of carboxylic acids is 1. The first kappa shape index (κ1) is 15.2. The zero-order valence-corrected chi connectivity index (χ0v) is 12.2. The van der Waals surface area contributed by atoms with Gasteiger partial charge in [0.1, 0.15) is 4.90 Å². The maximum atomic E-state index is 12.0. The van der Waals surface area contributed by atoms with Crippen molar-refractivity contribution >= 4 is 16.0 Å². The summed E-state index contributed by atoms with van der Waals surface area (Å²) in [7, 11) is -1.95. The van der Waals surface area contributed by atoms with Gasteiger partial charge in [-0.05, 0) is 24.1 Å². The van der Waals surface area contributed by atoms with E-state index in [1.54, 1.807) is 19.2 Å². The van der Waals surface area contributed by atoms with Crippen LogP contribution in [0.4, 0.5) is 0 Å². The van der Waals surface area contributed by atoms with Crippen LogP contribution >= 0.6 is 0 Å². The Balaban J connectivity index is 1.98. The van der Waals surface area contributed by atoms with E-state index in [0.29, 0.717) is 6.42 Å². The Kier molecular flexibility index (Phi) is 4.39. The van der Waals surface area contributed by atoms with E-state index < -0.39 is 16.0 Å². The third-order valence-electron chi connectivity index (χ3n) is 2.87. The van der Waals surface area contributed by atoms with Crippen LogP contribution in [-0.2, 0) is 23.5 Å². The Morgan fingerprint density at radius 2 is 2.19 bits per heavy atom. The van der Waals surface area contributed by atoms with Crippen molar-refractivity contribution in [2.24, 2.45) is 7.05 Å². The number of aromatic nitrogens is 2. The molecule has 0 atom stereocenters. The Morgan fingerprint density at radius 1 is 1.43 bits per heavy atom. The van der Waals surface area contributed by atoms with Crippen LogP contribution in [0.3, 0.4) is 0 Å². The van der Waals surface area contributed by atoms with Gasteiger partial charge < -0.3 is 5.11 Å². The predicted molar refractivity (Wildman–Crippen MR) is 75.5 cm³/mol. The van der Waals surface area contributed by atoms with E-state index >= 15 is 0 Å². The van der Waals surface area contributed by atoms with E-state index in [1.807, 2.05) is 0 Å². The zero-order chi connectivity index (χ0) is 15.5. The van der Waals surface area contributed by atoms with Gasteiger partial charge in [-0.1, -0.05) is 12.1 Å². The monoisotopic (exact) mass is 309 g/mol. The van der Waals surface area contributed by atoms with Crippen molar-refractivity contribution in [1.29, 1.82) is 0 Å². The second-order valence-corrected chi connectivity index (χ2v) is 6.27. The van der Waals surface area contributed by atoms with Gasteiger partial charge in [-0.25, -0.2) is 17.9 Å². The first-order chi connectivity index (χ1) is 9.88. The smallest absolute Gasteiger partial charge is 0.335 e. The highest BCUT2D eigenvalue weighted by Crippen LogP contribution is 2.08. The molecule has 0 fully saturated rings. The number of hydrogen-bond donors (Lipinski definition) is 2. The van der Waals surface area contributed by atoms with Crippen LogP contribution in [0.15, 0.2) is 41.6 Å². The van der Waals surface area contributed by atoms with E-state index in [2.05, 4.69) is 9.82 Å². The van der Waals surface area contributed by atoms with Crippen LogP contribution in [0.1, 0.15) is 15.9 Å². The maximum Gasteiger partial charge on any atom is 0.335 e. The number of sulfonamides is 1. The number of aryl methyl sites for hydroxylation is 1. The molecule has 21 heavy (non-hydrogen) atoms. The molecule has 1 heterocycles. The van der Waals surface area contributed by atoms with Gasteiger partial charge in [-0.15, -0.1) is 0 Å². The second kappa shape index (κ2) is 6.06. The minimum absolute atomic E-state index is 0.101. The highest BCUT2D eigenvalue weighted by molar-refractivity contribution is 7.89. The number of benzene rings is 1. The summed E-state index contributed by atoms with van der Waals surface area (Å²) in [5.74, 6) is -1.01. The summed E-state index contributed by atoms with van der Waals surface area (Å²) in [6.45, 7) is 0.181. The molecule has 0 saturated carbocycles. The van der Waals surface area contributed by atoms with Crippen LogP contribution < -0.4 is 4.72 Å². The van der Waals surface area contributed by atoms with Gasteiger partial charge in [0, 0.05) is 19.8 Å². The fourth-order valence-corrected chi connectivity index (χ4v) is 2.83. The van der Waals surface area contributed by atoms with Crippen LogP contribution in [0.2, 0.25) is 0 Å². The summed E-state index contributed by atoms with van der Waals surface area (Å²) in [6.07, 6.45) is 3.08. The fraction of sp³-hybridized carbons (Fsp3) is 0.231. The van der Waals surface area contributed by atoms with E-state index in [1.165, 1.54) is 29.2 Å². The molecule has 0 aliphatic heterocycles. The molecule has 0 saturated heterocycles. The van der Waals surface area contributed by atoms with Crippen molar-refractivity contribution in [1.82, 2.24) is 14.5 Å². The van der Waals surface area contributed by atoms with Gasteiger partial charge in [-0.2, -0.15) is 5.10 Å². The molecular weight excluding hydrogens is 294 g/mol. The lowest BCUT2D eigenvalue weighted by Crippen LogP contribution is -2.25. The normalized spacial score (nSPS) is 11.5. The first-order valence-electron chi connectivity index (χ1n) is 6.19. The van der Waals surface area contributed by atoms with Crippen LogP contribution in [0, 0.1) is 0 Å². The molecule has 0 spiro atoms. The molecular formula is C13H15N3O4S. The number of rotatable bonds is 6. The molecule has 0 aliphatic rings. The van der Waals surface area contributed by atoms with Crippen molar-refractivity contribution in [3.63, 3.8) is 0 Å². The van der Waals surface area contributed by atoms with Gasteiger partial charge in [0.05, 0.1) is 11.8 Å². The van der Waals surface area contributed by atoms with E-state index in [0.717, 1.165) is 5.56 Å². The number of aromatic carboxylic acids is 1. The average Bonchev–Trinajstić information content (AvgIpc) is 2.86. The summed E-state index contributed by atoms with van der Waals surface area (Å²) < 4.78 is 27.8. The summed E-state index contributed by atoms with van der Waals surface area (Å²) >= 11 is 0. The molecule has 0 bridgehead atoms. The molecule has 8 heteroatoms. The number of hydrogen-bond acceptors (Lipinski definition) is 4. The van der Waals surface area contributed by atoms with Crippen molar-refractivity contribution < 1.29 is 18.3 Å². The van der Waals surface area contributed by atoms with Gasteiger partial charge in [-0.3, -0.25) is 4.68 Å². The molecule has 0 unspecified atom stereocenters. The lowest BCUT2D eigenvalue weighted by molar-refractivity contribution is 0.0696. The molecule has 0 radical (unpaired) electrons. The number of carboxylic acid groups (broad SMARTS) is 1. The lowest BCUT2D eigenvalue weighted by atomic mass is 10.1. The van der Waals surface area contributed by atoms with Crippen LogP contribution in [0.5, 0.6) is 0 Å². The summed E-state index contributed by atoms with van der Waals surface area (Å²) in [4.78, 5) is 11.0. The Bertz CT molecular complexity index is 752. The lowest BCUT2D eigenvalue weighted by Gasteiger charge is -2.05. The van der Waals surface area contributed by atoms with Crippen LogP contribution in [-0.4, -0.2) is 35.8 Å². The number of nitrogens with zero attached hydrogens (tertiary/aromatic N) is 2. The SMILES string of the molecule is Cn1cc(S(=O)(=O)NCCc2cccc(C(=O)O)c2)cn1. The molecule has 0 amide bonds. The molecule has 112 valence electrons. The molecule has 0 aliphatic carbocycles. The fourth-order valence-electron chi connectivity index (χ4n) is 1.81. The highest BCUT2D eigenvalue weighted by atomic mass is 32.2. The predicted octanol–water partition coefficient (Wildman–Crippen LogP) is 0.639. The van der Waals surface area contributed by atoms with Gasteiger partial charge >= 0.3 is 5.97 Å². The van der Waals surface area contributed by atoms with E-state index in [-0.39, 0.29) is 17.0 Å². The van der Waals surface area contributed by atoms with Crippen molar-refractivity contribution in [3.05, 3.63) is 47.8 Å². The Morgan fingerprint density at radius 3 is 2.81 bits per heavy atom. The number of carbonyl (C=O) groups is 1. The molecule has 2 aromatic rings. The van der Waals surface area contributed by atoms with Crippen molar-refractivity contribution in [3.8, 4) is 0 Å². The van der Waals surface area contributed by atoms with Crippen LogP contribution in [0.25, 0.3) is 0 Å². The topological polar surface area (TPSA) is 101 Å². The van der Waals surface area contributed by atoms with Gasteiger partial charge in [0.2, 0.25) is 10.0 Å². The summed E-state index contributed by atoms with van der Waals surface area (Å²) in [5, 5.41) is 12.7. The first-order valence-corrected chi connectivity index (χ1v) is 7.67. The van der Waals surface area contributed by atoms with E-state index in [4.69, 9.17) is 5.11 Å². The number of nitrogens with one attached hydrogen (secondary N) is 1. The third-order valence-corrected chi connectivity index (χ3v) is 4.29. The highest BCUT2D eigenvalue weighted by Gasteiger charge is 2.15. The third kappa shape index (κ3) is 3.89. The Hall–Kier alpha value is -2.19. The molecule has 7 nitrogen and oxygen atoms in total. The molecule has 2 rings (SSSR count). The summed E-state index contributed by atoms with van der Waals surface area (Å²) in [5.41, 5.74) is 0.936. The molecule has 2 N–H and O–H groups in total. The maximum absolute atomic E-state index is 12.0. The van der Waals surface area contributed by atoms with Crippen molar-refractivity contribution in [2.45, 2.75) is 11.3 Å². The summed E-state index contributed by atoms with van der Waals surface area (Å²) in [6, 6.07) is 6.41. The van der Waals surface area contributed by atoms with Crippen molar-refractivity contribution in [2.75, 3.05) is 6.54 Å². The average molecular weight is 309 g/mol. The largest absolute Gasteiger partial charge is 0.478 e. The Labute approximate surface area is 122 Å². The molecule has 1 aromatic carbocycles. The minimum atomic E-state index is -3.59. The molecule has 1 aromatic heterocycles. The zero-order valence-electron chi connectivity index (χ0n) is 11.4. The van der Waals surface area contributed by atoms with E-state index in [9.17, 15) is 13.2 Å². The minimum Gasteiger partial charge on any atom is -0.478 e. The quantitative estimate of drug-likeness (QED) is 0.815.